The SMILES string of the molecule is COc1ccccc1O[C@H]1COC(C)(C)O1. The van der Waals surface area contributed by atoms with Gasteiger partial charge in [-0.1, -0.05) is 12.1 Å². The second-order valence-electron chi connectivity index (χ2n) is 4.03. The first kappa shape index (κ1) is 11.2. The van der Waals surface area contributed by atoms with Crippen LogP contribution in [0.1, 0.15) is 13.8 Å². The highest BCUT2D eigenvalue weighted by Gasteiger charge is 2.34. The predicted molar refractivity (Wildman–Crippen MR) is 58.5 cm³/mol. The Hall–Kier alpha value is -1.26. The predicted octanol–water partition coefficient (Wildman–Crippen LogP) is 2.18. The van der Waals surface area contributed by atoms with Crippen molar-refractivity contribution in [3.63, 3.8) is 0 Å². The number of rotatable bonds is 3. The molecule has 88 valence electrons. The molecule has 0 unspecified atom stereocenters. The maximum Gasteiger partial charge on any atom is 0.226 e. The van der Waals surface area contributed by atoms with Crippen LogP contribution in [0.25, 0.3) is 0 Å². The van der Waals surface area contributed by atoms with Crippen LogP contribution in [0.2, 0.25) is 0 Å². The fourth-order valence-electron chi connectivity index (χ4n) is 1.57. The minimum absolute atomic E-state index is 0.383. The van der Waals surface area contributed by atoms with Crippen molar-refractivity contribution in [1.82, 2.24) is 0 Å². The van der Waals surface area contributed by atoms with Crippen LogP contribution in [0.5, 0.6) is 11.5 Å². The molecular formula is C12H16O4. The van der Waals surface area contributed by atoms with Crippen LogP contribution in [0.3, 0.4) is 0 Å². The van der Waals surface area contributed by atoms with Gasteiger partial charge in [0, 0.05) is 0 Å². The van der Waals surface area contributed by atoms with Crippen molar-refractivity contribution in [3.05, 3.63) is 24.3 Å². The zero-order valence-corrected chi connectivity index (χ0v) is 9.73. The number of para-hydroxylation sites is 2. The number of ether oxygens (including phenoxy) is 4. The van der Waals surface area contributed by atoms with Gasteiger partial charge in [0.1, 0.15) is 6.61 Å². The summed E-state index contributed by atoms with van der Waals surface area (Å²) in [5, 5.41) is 0. The highest BCUT2D eigenvalue weighted by Crippen LogP contribution is 2.30. The third-order valence-electron chi connectivity index (χ3n) is 2.31. The maximum atomic E-state index is 5.66. The zero-order valence-electron chi connectivity index (χ0n) is 9.73. The molecule has 1 aromatic carbocycles. The molecule has 1 atom stereocenters. The van der Waals surface area contributed by atoms with Gasteiger partial charge in [-0.3, -0.25) is 0 Å². The summed E-state index contributed by atoms with van der Waals surface area (Å²) in [6, 6.07) is 7.46. The normalized spacial score (nSPS) is 23.1. The van der Waals surface area contributed by atoms with Gasteiger partial charge in [0.05, 0.1) is 7.11 Å². The standard InChI is InChI=1S/C12H16O4/c1-12(2)14-8-11(16-12)15-10-7-5-4-6-9(10)13-3/h4-7,11H,8H2,1-3H3/t11-/m1/s1. The highest BCUT2D eigenvalue weighted by atomic mass is 16.8. The van der Waals surface area contributed by atoms with Crippen LogP contribution in [0.4, 0.5) is 0 Å². The highest BCUT2D eigenvalue weighted by molar-refractivity contribution is 5.39. The topological polar surface area (TPSA) is 36.9 Å². The Bertz CT molecular complexity index is 362. The molecule has 0 aliphatic carbocycles. The number of benzene rings is 1. The fraction of sp³-hybridized carbons (Fsp3) is 0.500. The van der Waals surface area contributed by atoms with Gasteiger partial charge >= 0.3 is 0 Å². The average molecular weight is 224 g/mol. The molecule has 1 fully saturated rings. The number of hydrogen-bond donors (Lipinski definition) is 0. The molecule has 4 nitrogen and oxygen atoms in total. The summed E-state index contributed by atoms with van der Waals surface area (Å²) in [4.78, 5) is 0. The summed E-state index contributed by atoms with van der Waals surface area (Å²) in [6.07, 6.45) is -0.383. The summed E-state index contributed by atoms with van der Waals surface area (Å²) in [7, 11) is 1.61. The van der Waals surface area contributed by atoms with Gasteiger partial charge in [0.25, 0.3) is 0 Å². The molecule has 1 aliphatic rings. The molecule has 0 spiro atoms. The lowest BCUT2D eigenvalue weighted by Crippen LogP contribution is -2.24. The third kappa shape index (κ3) is 2.46. The molecular weight excluding hydrogens is 208 g/mol. The maximum absolute atomic E-state index is 5.66. The molecule has 0 bridgehead atoms. The molecule has 0 aromatic heterocycles. The Morgan fingerprint density at radius 1 is 1.25 bits per heavy atom. The molecule has 4 heteroatoms. The van der Waals surface area contributed by atoms with Crippen molar-refractivity contribution in [3.8, 4) is 11.5 Å². The largest absolute Gasteiger partial charge is 0.493 e. The van der Waals surface area contributed by atoms with E-state index in [2.05, 4.69) is 0 Å². The van der Waals surface area contributed by atoms with Crippen LogP contribution in [0, 0.1) is 0 Å². The molecule has 0 amide bonds. The van der Waals surface area contributed by atoms with E-state index in [1.54, 1.807) is 7.11 Å². The van der Waals surface area contributed by atoms with Crippen LogP contribution >= 0.6 is 0 Å². The van der Waals surface area contributed by atoms with E-state index in [1.807, 2.05) is 38.1 Å². The van der Waals surface area contributed by atoms with Gasteiger partial charge < -0.3 is 18.9 Å². The summed E-state index contributed by atoms with van der Waals surface area (Å²) >= 11 is 0. The van der Waals surface area contributed by atoms with E-state index in [4.69, 9.17) is 18.9 Å². The van der Waals surface area contributed by atoms with Gasteiger partial charge in [0.15, 0.2) is 17.3 Å². The van der Waals surface area contributed by atoms with E-state index in [-0.39, 0.29) is 6.29 Å². The summed E-state index contributed by atoms with van der Waals surface area (Å²) < 4.78 is 21.8. The smallest absolute Gasteiger partial charge is 0.226 e. The number of hydrogen-bond acceptors (Lipinski definition) is 4. The summed E-state index contributed by atoms with van der Waals surface area (Å²) in [6.45, 7) is 4.14. The van der Waals surface area contributed by atoms with Gasteiger partial charge in [-0.15, -0.1) is 0 Å². The van der Waals surface area contributed by atoms with E-state index in [9.17, 15) is 0 Å². The second kappa shape index (κ2) is 4.31. The monoisotopic (exact) mass is 224 g/mol. The van der Waals surface area contributed by atoms with Crippen molar-refractivity contribution in [2.24, 2.45) is 0 Å². The molecule has 1 aromatic rings. The molecule has 2 rings (SSSR count). The average Bonchev–Trinajstić information content (AvgIpc) is 2.59. The Kier molecular flexibility index (Phi) is 3.03. The van der Waals surface area contributed by atoms with Crippen LogP contribution in [0.15, 0.2) is 24.3 Å². The second-order valence-corrected chi connectivity index (χ2v) is 4.03. The van der Waals surface area contributed by atoms with Gasteiger partial charge in [-0.25, -0.2) is 0 Å². The molecule has 16 heavy (non-hydrogen) atoms. The van der Waals surface area contributed by atoms with E-state index >= 15 is 0 Å². The summed E-state index contributed by atoms with van der Waals surface area (Å²) in [5.41, 5.74) is 0. The van der Waals surface area contributed by atoms with E-state index < -0.39 is 5.79 Å². The van der Waals surface area contributed by atoms with Crippen LogP contribution < -0.4 is 9.47 Å². The fourth-order valence-corrected chi connectivity index (χ4v) is 1.57. The molecule has 0 N–H and O–H groups in total. The first-order valence-corrected chi connectivity index (χ1v) is 5.22. The van der Waals surface area contributed by atoms with Gasteiger partial charge in [-0.2, -0.15) is 0 Å². The van der Waals surface area contributed by atoms with Crippen LogP contribution in [-0.2, 0) is 9.47 Å². The van der Waals surface area contributed by atoms with Crippen molar-refractivity contribution in [2.75, 3.05) is 13.7 Å². The van der Waals surface area contributed by atoms with E-state index in [1.165, 1.54) is 0 Å². The van der Waals surface area contributed by atoms with E-state index in [0.29, 0.717) is 18.1 Å². The Balaban J connectivity index is 2.04. The van der Waals surface area contributed by atoms with Gasteiger partial charge in [-0.05, 0) is 26.0 Å². The number of methoxy groups -OCH3 is 1. The van der Waals surface area contributed by atoms with Crippen molar-refractivity contribution >= 4 is 0 Å². The van der Waals surface area contributed by atoms with Crippen molar-refractivity contribution < 1.29 is 18.9 Å². The Morgan fingerprint density at radius 3 is 2.50 bits per heavy atom. The Labute approximate surface area is 95.1 Å². The van der Waals surface area contributed by atoms with Gasteiger partial charge in [0.2, 0.25) is 6.29 Å². The lowest BCUT2D eigenvalue weighted by atomic mass is 10.3. The minimum Gasteiger partial charge on any atom is -0.493 e. The first-order chi connectivity index (χ1) is 7.61. The summed E-state index contributed by atoms with van der Waals surface area (Å²) in [5.74, 6) is 0.777. The minimum atomic E-state index is -0.577. The Morgan fingerprint density at radius 2 is 1.94 bits per heavy atom. The molecule has 1 heterocycles. The quantitative estimate of drug-likeness (QED) is 0.788. The molecule has 1 aliphatic heterocycles. The lowest BCUT2D eigenvalue weighted by Gasteiger charge is -2.18. The van der Waals surface area contributed by atoms with Crippen LogP contribution in [-0.4, -0.2) is 25.8 Å². The first-order valence-electron chi connectivity index (χ1n) is 5.22. The lowest BCUT2D eigenvalue weighted by molar-refractivity contribution is -0.167. The molecule has 0 saturated carbocycles. The van der Waals surface area contributed by atoms with Crippen molar-refractivity contribution in [2.45, 2.75) is 25.9 Å². The van der Waals surface area contributed by atoms with Crippen molar-refractivity contribution in [1.29, 1.82) is 0 Å². The van der Waals surface area contributed by atoms with E-state index in [0.717, 1.165) is 0 Å². The third-order valence-corrected chi connectivity index (χ3v) is 2.31. The molecule has 0 radical (unpaired) electrons. The zero-order chi connectivity index (χ0) is 11.6. The molecule has 1 saturated heterocycles.